The molecule has 44 nitrogen and oxygen atoms in total. The summed E-state index contributed by atoms with van der Waals surface area (Å²) in [4.78, 5) is 261. The second-order valence-corrected chi connectivity index (χ2v) is 39.8. The number of nitrogens with one attached hydrogen (secondary N) is 19. The molecule has 0 spiro atoms. The summed E-state index contributed by atoms with van der Waals surface area (Å²) >= 11 is 0. The van der Waals surface area contributed by atoms with Crippen LogP contribution < -0.4 is 131 Å². The predicted molar refractivity (Wildman–Crippen MR) is 550 cm³/mol. The van der Waals surface area contributed by atoms with Crippen molar-refractivity contribution in [2.24, 2.45) is 69.7 Å². The molecule has 0 saturated carbocycles. The highest BCUT2D eigenvalue weighted by molar-refractivity contribution is 6.02. The summed E-state index contributed by atoms with van der Waals surface area (Å²) < 4.78 is 0. The Hall–Kier alpha value is -12.3. The third kappa shape index (κ3) is 44.1. The molecule has 4 aromatic rings. The lowest BCUT2D eigenvalue weighted by Gasteiger charge is -2.28. The molecule has 18 atom stereocenters. The van der Waals surface area contributed by atoms with Crippen LogP contribution in [-0.2, 0) is 99.1 Å². The first-order chi connectivity index (χ1) is 68.1. The Morgan fingerprint density at radius 1 is 0.236 bits per heavy atom. The summed E-state index contributed by atoms with van der Waals surface area (Å²) in [5, 5.41) is 47.4. The Balaban J connectivity index is 1.50. The molecule has 0 unspecified atom stereocenters. The molecule has 0 fully saturated rings. The fraction of sp³-hybridized carbons (Fsp3) is 0.660. The standard InChI is InChI=1S/C100H168N26O18/c1-54(2)45-76(124-89(133)69(106)33-21-26-40-101)95(139)114-64(16)88(132)123-82(51-66-53-109-71-35-20-18-32-68(66)71)100(144)119-75(39-25-30-44-105)93(137)126-78(47-56(5)6)96(140)115-63(15)87(131)121-80(49-58(9)10)98(142)117-73(37-23-28-42-103)91(135)113-62(14)86(130)120-79(48-57(7)8)97(141)116-72(36-22-27-41-102)90(134)112-60(12)84(128)111-61(13)85(129)122-81(50-65-52-108-70-34-19-17-31-67(65)70)99(143)118-74(38-24-29-43-104)92(136)125-77(46-55(3)4)94(138)110-59(11)83(107)127/h17-20,31-32,34-35,52-64,69,72-82,108-109H,21-30,33,36-51,101-106H2,1-16H3,(H2,107,127)(H,110,138)(H,111,128)(H,112,134)(H,113,135)(H,114,139)(H,115,140)(H,116,141)(H,117,142)(H,118,143)(H,119,144)(H,120,130)(H,121,131)(H,122,129)(H,123,132)(H,124,133)(H,125,136)(H,126,137)/t59-,60-,61-,62-,63-,64-,69-,72-,73-,74-,75-,76-,77-,78-,79-,80-,81-,82-/m0/s1. The Labute approximate surface area is 846 Å². The number of primary amides is 1. The summed E-state index contributed by atoms with van der Waals surface area (Å²) in [6.07, 6.45) is 8.29. The van der Waals surface area contributed by atoms with Crippen LogP contribution in [-0.4, -0.2) is 258 Å². The summed E-state index contributed by atoms with van der Waals surface area (Å²) in [5.41, 5.74) is 43.4. The van der Waals surface area contributed by atoms with Crippen LogP contribution >= 0.6 is 0 Å². The molecule has 44 heteroatoms. The fourth-order valence-corrected chi connectivity index (χ4v) is 16.1. The van der Waals surface area contributed by atoms with Gasteiger partial charge in [-0.3, -0.25) is 86.3 Å². The van der Waals surface area contributed by atoms with Gasteiger partial charge in [-0.25, -0.2) is 0 Å². The van der Waals surface area contributed by atoms with E-state index < -0.39 is 215 Å². The molecule has 144 heavy (non-hydrogen) atoms. The Morgan fingerprint density at radius 3 is 0.694 bits per heavy atom. The number of nitrogens with two attached hydrogens (primary N) is 7. The van der Waals surface area contributed by atoms with Crippen LogP contribution in [0.3, 0.4) is 0 Å². The van der Waals surface area contributed by atoms with E-state index in [0.717, 1.165) is 21.8 Å². The van der Waals surface area contributed by atoms with Crippen molar-refractivity contribution in [2.75, 3.05) is 32.7 Å². The van der Waals surface area contributed by atoms with Crippen molar-refractivity contribution in [3.63, 3.8) is 0 Å². The fourth-order valence-electron chi connectivity index (χ4n) is 16.1. The van der Waals surface area contributed by atoms with E-state index in [-0.39, 0.29) is 126 Å². The number of aromatic amines is 2. The van der Waals surface area contributed by atoms with E-state index in [1.807, 2.05) is 64.1 Å². The molecule has 18 amide bonds. The van der Waals surface area contributed by atoms with Crippen LogP contribution in [0, 0.1) is 29.6 Å². The number of carbonyl (C=O) groups is 18. The zero-order valence-electron chi connectivity index (χ0n) is 87.0. The quantitative estimate of drug-likeness (QED) is 0.0247. The van der Waals surface area contributed by atoms with Gasteiger partial charge in [0.1, 0.15) is 103 Å². The molecule has 4 rings (SSSR count). The molecular formula is C100H168N26O18. The van der Waals surface area contributed by atoms with Gasteiger partial charge in [-0.2, -0.15) is 0 Å². The molecule has 0 aliphatic heterocycles. The lowest BCUT2D eigenvalue weighted by Crippen LogP contribution is -2.60. The molecular weight excluding hydrogens is 1850 g/mol. The number of hydrogen-bond acceptors (Lipinski definition) is 24. The molecule has 2 heterocycles. The number of rotatable bonds is 69. The van der Waals surface area contributed by atoms with Gasteiger partial charge in [-0.05, 0) is 249 Å². The monoisotopic (exact) mass is 2020 g/mol. The summed E-state index contributed by atoms with van der Waals surface area (Å²) in [6, 6.07) is -8.40. The first kappa shape index (κ1) is 124. The first-order valence-corrected chi connectivity index (χ1v) is 50.9. The minimum Gasteiger partial charge on any atom is -0.368 e. The summed E-state index contributed by atoms with van der Waals surface area (Å²) in [5.74, 6) is -14.9. The van der Waals surface area contributed by atoms with Gasteiger partial charge in [0.25, 0.3) is 0 Å². The van der Waals surface area contributed by atoms with Gasteiger partial charge in [0, 0.05) is 47.0 Å². The highest BCUT2D eigenvalue weighted by atomic mass is 16.2. The van der Waals surface area contributed by atoms with Crippen molar-refractivity contribution in [1.82, 2.24) is 100 Å². The summed E-state index contributed by atoms with van der Waals surface area (Å²) in [7, 11) is 0. The van der Waals surface area contributed by atoms with Gasteiger partial charge in [-0.15, -0.1) is 0 Å². The highest BCUT2D eigenvalue weighted by Crippen LogP contribution is 2.24. The van der Waals surface area contributed by atoms with Gasteiger partial charge >= 0.3 is 0 Å². The van der Waals surface area contributed by atoms with Crippen molar-refractivity contribution < 1.29 is 86.3 Å². The normalized spacial score (nSPS) is 15.3. The number of hydrogen-bond donors (Lipinski definition) is 26. The third-order valence-corrected chi connectivity index (χ3v) is 24.3. The number of fused-ring (bicyclic) bond motifs is 2. The highest BCUT2D eigenvalue weighted by Gasteiger charge is 2.40. The van der Waals surface area contributed by atoms with E-state index in [9.17, 15) is 86.3 Å². The molecule has 806 valence electrons. The number of H-pyrrole nitrogens is 2. The van der Waals surface area contributed by atoms with E-state index in [4.69, 9.17) is 40.1 Å². The zero-order valence-corrected chi connectivity index (χ0v) is 87.0. The average Bonchev–Trinajstić information content (AvgIpc) is 1.66. The number of carbonyl (C=O) groups excluding carboxylic acids is 18. The number of amides is 18. The smallest absolute Gasteiger partial charge is 0.243 e. The third-order valence-electron chi connectivity index (χ3n) is 24.3. The maximum absolute atomic E-state index is 14.9. The van der Waals surface area contributed by atoms with Crippen molar-refractivity contribution in [3.05, 3.63) is 72.1 Å². The van der Waals surface area contributed by atoms with Crippen molar-refractivity contribution in [1.29, 1.82) is 0 Å². The Bertz CT molecular complexity index is 4830. The second-order valence-electron chi connectivity index (χ2n) is 39.8. The maximum Gasteiger partial charge on any atom is 0.243 e. The van der Waals surface area contributed by atoms with Gasteiger partial charge in [0.2, 0.25) is 106 Å². The van der Waals surface area contributed by atoms with E-state index in [1.54, 1.807) is 66.1 Å². The SMILES string of the molecule is CC(C)C[C@H](NC(=O)[C@H](C)NC(=O)[C@H](CCCCN)NC(=O)[C@H](CC(C)C)NC(=O)[C@H](C)NC(=O)[C@H](CC(C)C)NC(=O)[C@H](CCCCN)NC(=O)[C@H](Cc1c[nH]c2ccccc12)NC(=O)[C@H](C)NC(=O)[C@H](CC(C)C)NC(=O)[C@@H](N)CCCCN)C(=O)N[C@@H](CCCCN)C(=O)N[C@@H](C)C(=O)N[C@@H](C)C(=O)N[C@@H](Cc1c[nH]c2ccccc12)C(=O)N[C@@H](CCCCN)C(=O)N[C@@H](CC(C)C)C(=O)N[C@@H](C)C(N)=O. The second kappa shape index (κ2) is 64.5. The topological polar surface area (TPSA) is 725 Å². The Kier molecular flexibility index (Phi) is 55.5. The Morgan fingerprint density at radius 2 is 0.431 bits per heavy atom. The number of para-hydroxylation sites is 2. The lowest BCUT2D eigenvalue weighted by molar-refractivity contribution is -0.136. The molecule has 0 aliphatic rings. The number of unbranched alkanes of at least 4 members (excludes halogenated alkanes) is 5. The molecule has 0 bridgehead atoms. The molecule has 0 aliphatic carbocycles. The van der Waals surface area contributed by atoms with Crippen molar-refractivity contribution in [2.45, 2.75) is 361 Å². The minimum atomic E-state index is -1.39. The largest absolute Gasteiger partial charge is 0.368 e. The number of aromatic nitrogens is 2. The van der Waals surface area contributed by atoms with Gasteiger partial charge in [-0.1, -0.05) is 112 Å². The zero-order chi connectivity index (χ0) is 108. The molecule has 2 aromatic carbocycles. The van der Waals surface area contributed by atoms with Crippen molar-refractivity contribution in [3.8, 4) is 0 Å². The van der Waals surface area contributed by atoms with Crippen LogP contribution in [0.1, 0.15) is 250 Å². The predicted octanol–water partition coefficient (Wildman–Crippen LogP) is -0.516. The average molecular weight is 2020 g/mol. The molecule has 0 saturated heterocycles. The minimum absolute atomic E-state index is 0.00208. The van der Waals surface area contributed by atoms with Crippen LogP contribution in [0.25, 0.3) is 21.8 Å². The van der Waals surface area contributed by atoms with Crippen LogP contribution in [0.2, 0.25) is 0 Å². The molecule has 0 radical (unpaired) electrons. The maximum atomic E-state index is 14.9. The van der Waals surface area contributed by atoms with Crippen LogP contribution in [0.4, 0.5) is 0 Å². The van der Waals surface area contributed by atoms with Gasteiger partial charge in [0.05, 0.1) is 6.04 Å². The summed E-state index contributed by atoms with van der Waals surface area (Å²) in [6.45, 7) is 27.7. The lowest BCUT2D eigenvalue weighted by atomic mass is 10.00. The van der Waals surface area contributed by atoms with Crippen LogP contribution in [0.5, 0.6) is 0 Å². The number of benzene rings is 2. The van der Waals surface area contributed by atoms with E-state index in [0.29, 0.717) is 88.3 Å². The first-order valence-electron chi connectivity index (χ1n) is 50.9. The van der Waals surface area contributed by atoms with E-state index in [2.05, 4.69) is 100 Å². The van der Waals surface area contributed by atoms with Crippen molar-refractivity contribution >= 4 is 128 Å². The van der Waals surface area contributed by atoms with Crippen LogP contribution in [0.15, 0.2) is 60.9 Å². The van der Waals surface area contributed by atoms with Gasteiger partial charge in [0.15, 0.2) is 0 Å². The van der Waals surface area contributed by atoms with Gasteiger partial charge < -0.3 is 140 Å². The molecule has 33 N–H and O–H groups in total. The van der Waals surface area contributed by atoms with E-state index in [1.165, 1.54) is 41.5 Å². The van der Waals surface area contributed by atoms with E-state index >= 15 is 0 Å². The molecule has 2 aromatic heterocycles.